The van der Waals surface area contributed by atoms with E-state index in [2.05, 4.69) is 4.98 Å². The second-order valence-electron chi connectivity index (χ2n) is 2.14. The van der Waals surface area contributed by atoms with Gasteiger partial charge in [0.05, 0.1) is 5.56 Å². The third kappa shape index (κ3) is 2.03. The molecule has 0 unspecified atom stereocenters. The first kappa shape index (κ1) is 10.1. The summed E-state index contributed by atoms with van der Waals surface area (Å²) in [6.07, 6.45) is -2.83. The monoisotopic (exact) mass is 296 g/mol. The molecule has 0 aromatic carbocycles. The first-order chi connectivity index (χ1) is 6.06. The molecule has 3 nitrogen and oxygen atoms in total. The molecule has 0 saturated heterocycles. The van der Waals surface area contributed by atoms with Crippen molar-refractivity contribution in [2.45, 2.75) is 6.43 Å². The number of halogens is 3. The van der Waals surface area contributed by atoms with Crippen LogP contribution in [0.25, 0.3) is 0 Å². The van der Waals surface area contributed by atoms with E-state index >= 15 is 0 Å². The predicted octanol–water partition coefficient (Wildman–Crippen LogP) is 2.20. The normalized spacial score (nSPS) is 10.1. The summed E-state index contributed by atoms with van der Waals surface area (Å²) in [4.78, 5) is 3.41. The minimum absolute atomic E-state index is 0.0856. The Bertz CT molecular complexity index is 375. The maximum atomic E-state index is 12.1. The molecule has 0 atom stereocenters. The number of hydrogen-bond acceptors (Lipinski definition) is 3. The molecule has 0 amide bonds. The third-order valence-corrected chi connectivity index (χ3v) is 2.13. The first-order valence-corrected chi connectivity index (χ1v) is 4.21. The van der Waals surface area contributed by atoms with E-state index in [0.29, 0.717) is 0 Å². The molecule has 1 heterocycles. The average molecular weight is 296 g/mol. The highest BCUT2D eigenvalue weighted by Gasteiger charge is 2.17. The van der Waals surface area contributed by atoms with E-state index in [4.69, 9.17) is 10.4 Å². The van der Waals surface area contributed by atoms with Crippen LogP contribution in [0, 0.1) is 15.0 Å². The van der Waals surface area contributed by atoms with Crippen LogP contribution in [0.4, 0.5) is 8.78 Å². The fraction of sp³-hybridized carbons (Fsp3) is 0.143. The maximum Gasteiger partial charge on any atom is 0.284 e. The zero-order chi connectivity index (χ0) is 10.0. The lowest BCUT2D eigenvalue weighted by molar-refractivity contribution is 0.141. The number of nitrogens with zero attached hydrogens (tertiary/aromatic N) is 2. The lowest BCUT2D eigenvalue weighted by atomic mass is 10.2. The number of aromatic nitrogens is 1. The third-order valence-electron chi connectivity index (χ3n) is 1.31. The fourth-order valence-corrected chi connectivity index (χ4v) is 1.27. The van der Waals surface area contributed by atoms with E-state index in [1.165, 1.54) is 0 Å². The molecule has 68 valence electrons. The SMILES string of the molecule is N#Cc1cc(O)c(C(F)F)nc1I. The number of pyridine rings is 1. The Morgan fingerprint density at radius 1 is 1.62 bits per heavy atom. The molecule has 0 aliphatic rings. The number of hydrogen-bond donors (Lipinski definition) is 1. The van der Waals surface area contributed by atoms with Crippen molar-refractivity contribution in [3.05, 3.63) is 21.0 Å². The van der Waals surface area contributed by atoms with Crippen molar-refractivity contribution in [1.29, 1.82) is 5.26 Å². The molecule has 0 spiro atoms. The number of alkyl halides is 2. The lowest BCUT2D eigenvalue weighted by Crippen LogP contribution is -1.96. The van der Waals surface area contributed by atoms with Gasteiger partial charge in [0.15, 0.2) is 0 Å². The highest BCUT2D eigenvalue weighted by atomic mass is 127. The molecule has 0 fully saturated rings. The van der Waals surface area contributed by atoms with E-state index < -0.39 is 17.9 Å². The molecule has 1 aromatic heterocycles. The fourth-order valence-electron chi connectivity index (χ4n) is 0.732. The van der Waals surface area contributed by atoms with Crippen LogP contribution in [0.3, 0.4) is 0 Å². The smallest absolute Gasteiger partial charge is 0.284 e. The zero-order valence-electron chi connectivity index (χ0n) is 6.13. The molecular weight excluding hydrogens is 293 g/mol. The standard InChI is InChI=1S/C7H3F2IN2O/c8-6(9)5-4(13)1-3(2-11)7(10)12-5/h1,6,13H. The number of aromatic hydroxyl groups is 1. The molecule has 1 rings (SSSR count). The highest BCUT2D eigenvalue weighted by Crippen LogP contribution is 2.28. The van der Waals surface area contributed by atoms with Crippen molar-refractivity contribution in [3.8, 4) is 11.8 Å². The van der Waals surface area contributed by atoms with Crippen molar-refractivity contribution in [1.82, 2.24) is 4.98 Å². The molecule has 0 bridgehead atoms. The Morgan fingerprint density at radius 3 is 2.69 bits per heavy atom. The molecule has 1 N–H and O–H groups in total. The van der Waals surface area contributed by atoms with E-state index in [1.807, 2.05) is 0 Å². The average Bonchev–Trinajstić information content (AvgIpc) is 2.07. The Balaban J connectivity index is 3.31. The largest absolute Gasteiger partial charge is 0.506 e. The van der Waals surface area contributed by atoms with Crippen LogP contribution in [0.2, 0.25) is 0 Å². The van der Waals surface area contributed by atoms with E-state index in [1.54, 1.807) is 28.7 Å². The minimum Gasteiger partial charge on any atom is -0.506 e. The van der Waals surface area contributed by atoms with E-state index in [9.17, 15) is 8.78 Å². The topological polar surface area (TPSA) is 56.9 Å². The summed E-state index contributed by atoms with van der Waals surface area (Å²) in [6.45, 7) is 0. The van der Waals surface area contributed by atoms with Crippen molar-refractivity contribution >= 4 is 22.6 Å². The maximum absolute atomic E-state index is 12.1. The number of rotatable bonds is 1. The quantitative estimate of drug-likeness (QED) is 0.638. The van der Waals surface area contributed by atoms with Gasteiger partial charge in [-0.2, -0.15) is 5.26 Å². The van der Waals surface area contributed by atoms with Gasteiger partial charge in [0.25, 0.3) is 6.43 Å². The van der Waals surface area contributed by atoms with Crippen LogP contribution in [0.5, 0.6) is 5.75 Å². The molecular formula is C7H3F2IN2O. The van der Waals surface area contributed by atoms with Gasteiger partial charge in [-0.1, -0.05) is 0 Å². The summed E-state index contributed by atoms with van der Waals surface area (Å²) in [5.41, 5.74) is -0.606. The van der Waals surface area contributed by atoms with Crippen LogP contribution in [0.15, 0.2) is 6.07 Å². The van der Waals surface area contributed by atoms with Crippen molar-refractivity contribution in [2.24, 2.45) is 0 Å². The first-order valence-electron chi connectivity index (χ1n) is 3.14. The Labute approximate surface area is 86.2 Å². The van der Waals surface area contributed by atoms with Crippen molar-refractivity contribution in [3.63, 3.8) is 0 Å². The van der Waals surface area contributed by atoms with Crippen LogP contribution in [-0.2, 0) is 0 Å². The van der Waals surface area contributed by atoms with Gasteiger partial charge in [-0.25, -0.2) is 13.8 Å². The van der Waals surface area contributed by atoms with E-state index in [-0.39, 0.29) is 9.26 Å². The summed E-state index contributed by atoms with van der Waals surface area (Å²) in [5, 5.41) is 17.5. The summed E-state index contributed by atoms with van der Waals surface area (Å²) in [7, 11) is 0. The molecule has 0 aliphatic heterocycles. The van der Waals surface area contributed by atoms with Crippen molar-refractivity contribution < 1.29 is 13.9 Å². The van der Waals surface area contributed by atoms with Gasteiger partial charge < -0.3 is 5.11 Å². The van der Waals surface area contributed by atoms with Gasteiger partial charge in [-0.05, 0) is 22.6 Å². The van der Waals surface area contributed by atoms with Gasteiger partial charge in [0.2, 0.25) is 0 Å². The zero-order valence-corrected chi connectivity index (χ0v) is 8.29. The van der Waals surface area contributed by atoms with E-state index in [0.717, 1.165) is 6.07 Å². The molecule has 0 radical (unpaired) electrons. The van der Waals surface area contributed by atoms with Gasteiger partial charge in [0, 0.05) is 6.07 Å². The summed E-state index contributed by atoms with van der Waals surface area (Å²) < 4.78 is 24.4. The van der Waals surface area contributed by atoms with Crippen molar-refractivity contribution in [2.75, 3.05) is 0 Å². The Hall–Kier alpha value is -0.970. The predicted molar refractivity (Wildman–Crippen MR) is 48.3 cm³/mol. The van der Waals surface area contributed by atoms with Gasteiger partial charge in [0.1, 0.15) is 21.2 Å². The molecule has 13 heavy (non-hydrogen) atoms. The van der Waals surface area contributed by atoms with Crippen LogP contribution < -0.4 is 0 Å². The minimum atomic E-state index is -2.83. The summed E-state index contributed by atoms with van der Waals surface area (Å²) in [5.74, 6) is -0.646. The number of nitriles is 1. The highest BCUT2D eigenvalue weighted by molar-refractivity contribution is 14.1. The molecule has 6 heteroatoms. The van der Waals surface area contributed by atoms with Gasteiger partial charge in [-0.15, -0.1) is 0 Å². The second-order valence-corrected chi connectivity index (χ2v) is 3.17. The van der Waals surface area contributed by atoms with Gasteiger partial charge >= 0.3 is 0 Å². The Kier molecular flexibility index (Phi) is 2.98. The Morgan fingerprint density at radius 2 is 2.23 bits per heavy atom. The summed E-state index contributed by atoms with van der Waals surface area (Å²) in [6, 6.07) is 2.71. The molecule has 0 saturated carbocycles. The van der Waals surface area contributed by atoms with Crippen LogP contribution in [0.1, 0.15) is 17.7 Å². The van der Waals surface area contributed by atoms with Crippen LogP contribution >= 0.6 is 22.6 Å². The summed E-state index contributed by atoms with van der Waals surface area (Å²) >= 11 is 1.66. The molecule has 1 aromatic rings. The lowest BCUT2D eigenvalue weighted by Gasteiger charge is -2.03. The van der Waals surface area contributed by atoms with Crippen LogP contribution in [-0.4, -0.2) is 10.1 Å². The molecule has 0 aliphatic carbocycles. The second kappa shape index (κ2) is 3.83. The van der Waals surface area contributed by atoms with Gasteiger partial charge in [-0.3, -0.25) is 0 Å².